The van der Waals surface area contributed by atoms with Gasteiger partial charge < -0.3 is 15.5 Å². The molecule has 2 N–H and O–H groups in total. The minimum atomic E-state index is -0.387. The average molecular weight is 183 g/mol. The molecule has 2 atom stereocenters. The number of carbonyl (C=O) groups excluding carboxylic acids is 2. The van der Waals surface area contributed by atoms with Gasteiger partial charge in [-0.15, -0.1) is 0 Å². The number of piperidine rings is 1. The van der Waals surface area contributed by atoms with Gasteiger partial charge in [-0.25, -0.2) is 4.79 Å². The molecule has 72 valence electrons. The largest absolute Gasteiger partial charge is 0.368 e. The highest BCUT2D eigenvalue weighted by Crippen LogP contribution is 2.27. The van der Waals surface area contributed by atoms with Crippen LogP contribution in [0.4, 0.5) is 4.79 Å². The third-order valence-corrected chi connectivity index (χ3v) is 2.98. The van der Waals surface area contributed by atoms with Gasteiger partial charge in [0.25, 0.3) is 0 Å². The summed E-state index contributed by atoms with van der Waals surface area (Å²) in [5, 5.41) is 0. The molecule has 0 saturated carbocycles. The van der Waals surface area contributed by atoms with Crippen molar-refractivity contribution in [2.24, 2.45) is 5.73 Å². The van der Waals surface area contributed by atoms with Crippen molar-refractivity contribution in [3.63, 3.8) is 0 Å². The van der Waals surface area contributed by atoms with Crippen LogP contribution < -0.4 is 5.73 Å². The first kappa shape index (κ1) is 8.34. The van der Waals surface area contributed by atoms with Crippen LogP contribution in [0.3, 0.4) is 0 Å². The molecule has 0 aromatic heterocycles. The first-order chi connectivity index (χ1) is 6.11. The number of nitrogens with two attached hydrogens (primary N) is 1. The summed E-state index contributed by atoms with van der Waals surface area (Å²) >= 11 is 0. The fourth-order valence-corrected chi connectivity index (χ4v) is 2.13. The molecule has 0 unspecified atom stereocenters. The molecule has 0 aromatic carbocycles. The standard InChI is InChI=1S/C8H13N3O2/c1-10-5-2-3-6(7(9)12)11(4-5)8(10)13/h5-6H,2-4H2,1H3,(H2,9,12)/t5-,6+/m1/s1. The van der Waals surface area contributed by atoms with Gasteiger partial charge >= 0.3 is 6.03 Å². The summed E-state index contributed by atoms with van der Waals surface area (Å²) in [6.07, 6.45) is 1.59. The Kier molecular flexibility index (Phi) is 1.68. The van der Waals surface area contributed by atoms with Crippen LogP contribution in [0.5, 0.6) is 0 Å². The van der Waals surface area contributed by atoms with E-state index in [0.29, 0.717) is 13.0 Å². The Balaban J connectivity index is 2.22. The number of hydrogen-bond donors (Lipinski definition) is 1. The summed E-state index contributed by atoms with van der Waals surface area (Å²) in [5.74, 6) is -0.387. The minimum Gasteiger partial charge on any atom is -0.368 e. The third kappa shape index (κ3) is 1.07. The molecule has 2 bridgehead atoms. The third-order valence-electron chi connectivity index (χ3n) is 2.98. The maximum absolute atomic E-state index is 11.5. The molecule has 2 saturated heterocycles. The summed E-state index contributed by atoms with van der Waals surface area (Å²) in [6.45, 7) is 0.656. The molecule has 0 radical (unpaired) electrons. The molecule has 2 aliphatic heterocycles. The monoisotopic (exact) mass is 183 g/mol. The Hall–Kier alpha value is -1.26. The molecular weight excluding hydrogens is 170 g/mol. The zero-order valence-corrected chi connectivity index (χ0v) is 7.56. The molecule has 5 nitrogen and oxygen atoms in total. The number of urea groups is 1. The number of rotatable bonds is 1. The van der Waals surface area contributed by atoms with Crippen LogP contribution in [0.1, 0.15) is 12.8 Å². The van der Waals surface area contributed by atoms with Gasteiger partial charge in [-0.05, 0) is 12.8 Å². The Morgan fingerprint density at radius 1 is 1.54 bits per heavy atom. The number of carbonyl (C=O) groups is 2. The lowest BCUT2D eigenvalue weighted by atomic mass is 10.0. The Morgan fingerprint density at radius 3 is 2.85 bits per heavy atom. The van der Waals surface area contributed by atoms with E-state index >= 15 is 0 Å². The highest BCUT2D eigenvalue weighted by atomic mass is 16.2. The smallest absolute Gasteiger partial charge is 0.320 e. The minimum absolute atomic E-state index is 0.0636. The van der Waals surface area contributed by atoms with Gasteiger partial charge in [-0.1, -0.05) is 0 Å². The van der Waals surface area contributed by atoms with Crippen LogP contribution in [0.15, 0.2) is 0 Å². The van der Waals surface area contributed by atoms with Crippen molar-refractivity contribution in [1.82, 2.24) is 9.80 Å². The number of nitrogens with zero attached hydrogens (tertiary/aromatic N) is 2. The predicted molar refractivity (Wildman–Crippen MR) is 45.9 cm³/mol. The number of amides is 3. The average Bonchev–Trinajstić information content (AvgIpc) is 2.32. The van der Waals surface area contributed by atoms with E-state index in [4.69, 9.17) is 5.73 Å². The second-order valence-corrected chi connectivity index (χ2v) is 3.70. The highest BCUT2D eigenvalue weighted by Gasteiger charge is 2.44. The van der Waals surface area contributed by atoms with Crippen LogP contribution in [0.2, 0.25) is 0 Å². The van der Waals surface area contributed by atoms with Crippen LogP contribution in [-0.4, -0.2) is 47.4 Å². The number of fused-ring (bicyclic) bond motifs is 2. The molecule has 13 heavy (non-hydrogen) atoms. The summed E-state index contributed by atoms with van der Waals surface area (Å²) in [6, 6.07) is -0.164. The van der Waals surface area contributed by atoms with Crippen molar-refractivity contribution in [3.05, 3.63) is 0 Å². The second kappa shape index (κ2) is 2.61. The van der Waals surface area contributed by atoms with E-state index in [9.17, 15) is 9.59 Å². The molecule has 2 rings (SSSR count). The van der Waals surface area contributed by atoms with Gasteiger partial charge in [0.1, 0.15) is 6.04 Å². The first-order valence-corrected chi connectivity index (χ1v) is 4.44. The number of likely N-dealkylation sites (N-methyl/N-ethyl adjacent to an activating group) is 1. The van der Waals surface area contributed by atoms with Crippen molar-refractivity contribution in [2.45, 2.75) is 24.9 Å². The zero-order chi connectivity index (χ0) is 9.59. The summed E-state index contributed by atoms with van der Waals surface area (Å²) in [4.78, 5) is 25.8. The number of primary amides is 1. The lowest BCUT2D eigenvalue weighted by Gasteiger charge is -2.27. The van der Waals surface area contributed by atoms with E-state index in [2.05, 4.69) is 0 Å². The molecule has 0 aromatic rings. The fraction of sp³-hybridized carbons (Fsp3) is 0.750. The summed E-state index contributed by atoms with van der Waals surface area (Å²) < 4.78 is 0. The summed E-state index contributed by atoms with van der Waals surface area (Å²) in [7, 11) is 1.77. The van der Waals surface area contributed by atoms with Crippen LogP contribution in [-0.2, 0) is 4.79 Å². The van der Waals surface area contributed by atoms with E-state index < -0.39 is 0 Å². The number of hydrogen-bond acceptors (Lipinski definition) is 2. The Labute approximate surface area is 76.5 Å². The van der Waals surface area contributed by atoms with E-state index in [-0.39, 0.29) is 24.0 Å². The normalized spacial score (nSPS) is 32.5. The van der Waals surface area contributed by atoms with E-state index in [1.165, 1.54) is 0 Å². The second-order valence-electron chi connectivity index (χ2n) is 3.70. The molecule has 2 heterocycles. The fourth-order valence-electron chi connectivity index (χ4n) is 2.13. The van der Waals surface area contributed by atoms with Gasteiger partial charge in [0.2, 0.25) is 5.91 Å². The van der Waals surface area contributed by atoms with Crippen molar-refractivity contribution in [2.75, 3.05) is 13.6 Å². The van der Waals surface area contributed by atoms with E-state index in [1.54, 1.807) is 16.8 Å². The summed E-state index contributed by atoms with van der Waals surface area (Å²) in [5.41, 5.74) is 5.21. The lowest BCUT2D eigenvalue weighted by molar-refractivity contribution is -0.122. The van der Waals surface area contributed by atoms with E-state index in [0.717, 1.165) is 6.42 Å². The van der Waals surface area contributed by atoms with Gasteiger partial charge in [0.15, 0.2) is 0 Å². The van der Waals surface area contributed by atoms with Crippen molar-refractivity contribution in [3.8, 4) is 0 Å². The van der Waals surface area contributed by atoms with Gasteiger partial charge in [-0.2, -0.15) is 0 Å². The molecule has 2 fully saturated rings. The maximum atomic E-state index is 11.5. The molecular formula is C8H13N3O2. The molecule has 5 heteroatoms. The van der Waals surface area contributed by atoms with Crippen molar-refractivity contribution < 1.29 is 9.59 Å². The quantitative estimate of drug-likeness (QED) is 0.588. The Bertz CT molecular complexity index is 266. The SMILES string of the molecule is CN1C(=O)N2C[C@H]1CC[C@H]2C(N)=O. The zero-order valence-electron chi connectivity index (χ0n) is 7.56. The molecule has 0 aliphatic carbocycles. The van der Waals surface area contributed by atoms with Gasteiger partial charge in [0.05, 0.1) is 6.04 Å². The van der Waals surface area contributed by atoms with Crippen molar-refractivity contribution in [1.29, 1.82) is 0 Å². The van der Waals surface area contributed by atoms with Crippen molar-refractivity contribution >= 4 is 11.9 Å². The molecule has 2 aliphatic rings. The highest BCUT2D eigenvalue weighted by molar-refractivity contribution is 5.87. The Morgan fingerprint density at radius 2 is 2.23 bits per heavy atom. The topological polar surface area (TPSA) is 66.6 Å². The van der Waals surface area contributed by atoms with Crippen LogP contribution >= 0.6 is 0 Å². The first-order valence-electron chi connectivity index (χ1n) is 4.44. The van der Waals surface area contributed by atoms with Crippen LogP contribution in [0, 0.1) is 0 Å². The predicted octanol–water partition coefficient (Wildman–Crippen LogP) is -0.630. The maximum Gasteiger partial charge on any atom is 0.320 e. The van der Waals surface area contributed by atoms with Crippen LogP contribution in [0.25, 0.3) is 0 Å². The molecule has 3 amide bonds. The lowest BCUT2D eigenvalue weighted by Crippen LogP contribution is -2.47. The van der Waals surface area contributed by atoms with Gasteiger partial charge in [-0.3, -0.25) is 4.79 Å². The van der Waals surface area contributed by atoms with Gasteiger partial charge in [0, 0.05) is 13.6 Å². The van der Waals surface area contributed by atoms with E-state index in [1.807, 2.05) is 0 Å². The molecule has 0 spiro atoms.